The van der Waals surface area contributed by atoms with Crippen LogP contribution in [0.15, 0.2) is 91.0 Å². The monoisotopic (exact) mass is 454 g/mol. The van der Waals surface area contributed by atoms with Crippen molar-refractivity contribution in [3.63, 3.8) is 0 Å². The second-order valence-corrected chi connectivity index (χ2v) is 10.8. The van der Waals surface area contributed by atoms with Crippen LogP contribution in [-0.4, -0.2) is 18.3 Å². The lowest BCUT2D eigenvalue weighted by molar-refractivity contribution is 0.00578. The largest absolute Gasteiger partial charge is 0.495 e. The van der Waals surface area contributed by atoms with Crippen LogP contribution in [0.25, 0.3) is 54.9 Å². The number of hydrogen-bond donors (Lipinski definition) is 0. The van der Waals surface area contributed by atoms with Gasteiger partial charge in [0.05, 0.1) is 11.2 Å². The van der Waals surface area contributed by atoms with Gasteiger partial charge in [0.25, 0.3) is 0 Å². The lowest BCUT2D eigenvalue weighted by Gasteiger charge is -2.32. The predicted molar refractivity (Wildman–Crippen MR) is 147 cm³/mol. The Kier molecular flexibility index (Phi) is 4.23. The van der Waals surface area contributed by atoms with Gasteiger partial charge in [0.1, 0.15) is 0 Å². The molecule has 35 heavy (non-hydrogen) atoms. The van der Waals surface area contributed by atoms with E-state index >= 15 is 0 Å². The van der Waals surface area contributed by atoms with Crippen molar-refractivity contribution in [3.8, 4) is 33.4 Å². The van der Waals surface area contributed by atoms with Gasteiger partial charge in [-0.2, -0.15) is 0 Å². The lowest BCUT2D eigenvalue weighted by Crippen LogP contribution is -2.41. The smallest absolute Gasteiger partial charge is 0.399 e. The molecule has 1 aliphatic heterocycles. The van der Waals surface area contributed by atoms with E-state index in [9.17, 15) is 0 Å². The Balaban J connectivity index is 1.38. The van der Waals surface area contributed by atoms with E-state index < -0.39 is 0 Å². The fourth-order valence-electron chi connectivity index (χ4n) is 5.71. The zero-order valence-electron chi connectivity index (χ0n) is 20.6. The predicted octanol–water partition coefficient (Wildman–Crippen LogP) is 7.61. The molecule has 1 fully saturated rings. The average Bonchev–Trinajstić information content (AvgIpc) is 3.29. The summed E-state index contributed by atoms with van der Waals surface area (Å²) in [5.41, 5.74) is 8.10. The lowest BCUT2D eigenvalue weighted by atomic mass is 9.75. The Morgan fingerprint density at radius 1 is 0.543 bits per heavy atom. The quantitative estimate of drug-likeness (QED) is 0.251. The van der Waals surface area contributed by atoms with Crippen LogP contribution in [0.4, 0.5) is 0 Å². The highest BCUT2D eigenvalue weighted by molar-refractivity contribution is 6.65. The minimum absolute atomic E-state index is 0.368. The summed E-state index contributed by atoms with van der Waals surface area (Å²) in [6, 6.07) is 33.2. The van der Waals surface area contributed by atoms with Gasteiger partial charge in [0, 0.05) is 0 Å². The first-order valence-corrected chi connectivity index (χ1v) is 12.4. The van der Waals surface area contributed by atoms with Crippen LogP contribution in [0, 0.1) is 0 Å². The number of hydrogen-bond acceptors (Lipinski definition) is 2. The molecular weight excluding hydrogens is 427 g/mol. The molecule has 0 bridgehead atoms. The van der Waals surface area contributed by atoms with Crippen molar-refractivity contribution in [2.45, 2.75) is 38.9 Å². The van der Waals surface area contributed by atoms with E-state index in [0.717, 1.165) is 5.46 Å². The third-order valence-corrected chi connectivity index (χ3v) is 8.28. The van der Waals surface area contributed by atoms with E-state index in [1.54, 1.807) is 0 Å². The van der Waals surface area contributed by atoms with Crippen LogP contribution in [0.3, 0.4) is 0 Å². The maximum Gasteiger partial charge on any atom is 0.495 e. The summed E-state index contributed by atoms with van der Waals surface area (Å²) in [7, 11) is -0.383. The minimum Gasteiger partial charge on any atom is -0.399 e. The van der Waals surface area contributed by atoms with Gasteiger partial charge in [-0.1, -0.05) is 84.9 Å². The van der Waals surface area contributed by atoms with E-state index in [1.807, 2.05) is 0 Å². The van der Waals surface area contributed by atoms with Crippen LogP contribution < -0.4 is 5.46 Å². The Morgan fingerprint density at radius 3 is 1.89 bits per heavy atom. The number of benzene rings is 5. The van der Waals surface area contributed by atoms with Crippen molar-refractivity contribution in [1.29, 1.82) is 0 Å². The van der Waals surface area contributed by atoms with Crippen molar-refractivity contribution >= 4 is 34.1 Å². The van der Waals surface area contributed by atoms with Gasteiger partial charge in [-0.05, 0) is 94.1 Å². The van der Waals surface area contributed by atoms with E-state index in [-0.39, 0.29) is 18.3 Å². The highest BCUT2D eigenvalue weighted by Gasteiger charge is 2.52. The molecule has 0 amide bonds. The van der Waals surface area contributed by atoms with Crippen molar-refractivity contribution in [2.24, 2.45) is 0 Å². The van der Waals surface area contributed by atoms with Crippen molar-refractivity contribution in [2.75, 3.05) is 0 Å². The van der Waals surface area contributed by atoms with E-state index in [1.165, 1.54) is 54.9 Å². The first-order valence-electron chi connectivity index (χ1n) is 12.4. The molecule has 0 unspecified atom stereocenters. The summed E-state index contributed by atoms with van der Waals surface area (Å²) < 4.78 is 12.8. The zero-order chi connectivity index (χ0) is 23.9. The molecule has 0 spiro atoms. The molecule has 2 aliphatic rings. The molecule has 0 atom stereocenters. The first kappa shape index (κ1) is 20.9. The summed E-state index contributed by atoms with van der Waals surface area (Å²) in [4.78, 5) is 0. The number of rotatable bonds is 2. The van der Waals surface area contributed by atoms with E-state index in [2.05, 4.69) is 119 Å². The fourth-order valence-corrected chi connectivity index (χ4v) is 5.71. The molecule has 3 heteroatoms. The normalized spacial score (nSPS) is 17.3. The molecule has 170 valence electrons. The zero-order valence-corrected chi connectivity index (χ0v) is 20.6. The van der Waals surface area contributed by atoms with Crippen molar-refractivity contribution < 1.29 is 9.31 Å². The molecule has 1 heterocycles. The molecule has 1 saturated heterocycles. The van der Waals surface area contributed by atoms with Gasteiger partial charge in [-0.15, -0.1) is 0 Å². The molecule has 5 aromatic carbocycles. The number of fused-ring (bicyclic) bond motifs is 4. The van der Waals surface area contributed by atoms with Crippen LogP contribution in [0.1, 0.15) is 27.7 Å². The topological polar surface area (TPSA) is 18.5 Å². The van der Waals surface area contributed by atoms with Gasteiger partial charge in [0.15, 0.2) is 0 Å². The van der Waals surface area contributed by atoms with Crippen LogP contribution in [0.5, 0.6) is 0 Å². The Morgan fingerprint density at radius 2 is 1.17 bits per heavy atom. The summed E-state index contributed by atoms with van der Waals surface area (Å²) in [5.74, 6) is 0. The first-order chi connectivity index (χ1) is 16.8. The maximum atomic E-state index is 6.41. The maximum absolute atomic E-state index is 6.41. The van der Waals surface area contributed by atoms with Crippen LogP contribution >= 0.6 is 0 Å². The van der Waals surface area contributed by atoms with Gasteiger partial charge in [-0.25, -0.2) is 0 Å². The molecule has 5 aromatic rings. The standard InChI is InChI=1S/C32H27BO2/c1-31(2)32(3,4)35-33(34-31)29-18-17-22(23-11-5-6-12-25(23)29)21-15-16-24-26-13-7-9-20-10-8-14-27(30(20)26)28(24)19-21/h5-19H,1-4H3. The van der Waals surface area contributed by atoms with Gasteiger partial charge in [-0.3, -0.25) is 0 Å². The van der Waals surface area contributed by atoms with E-state index in [4.69, 9.17) is 9.31 Å². The fraction of sp³-hybridized carbons (Fsp3) is 0.188. The summed E-state index contributed by atoms with van der Waals surface area (Å²) in [5, 5.41) is 5.06. The Labute approximate surface area is 206 Å². The average molecular weight is 454 g/mol. The molecule has 0 saturated carbocycles. The Hall–Kier alpha value is -3.40. The second kappa shape index (κ2) is 7.07. The highest BCUT2D eigenvalue weighted by atomic mass is 16.7. The molecular formula is C32H27BO2. The van der Waals surface area contributed by atoms with E-state index in [0.29, 0.717) is 0 Å². The van der Waals surface area contributed by atoms with Crippen LogP contribution in [-0.2, 0) is 9.31 Å². The third-order valence-electron chi connectivity index (χ3n) is 8.28. The molecule has 7 rings (SSSR count). The molecule has 0 radical (unpaired) electrons. The molecule has 1 aliphatic carbocycles. The van der Waals surface area contributed by atoms with Gasteiger partial charge < -0.3 is 9.31 Å². The second-order valence-electron chi connectivity index (χ2n) is 10.8. The van der Waals surface area contributed by atoms with Crippen LogP contribution in [0.2, 0.25) is 0 Å². The van der Waals surface area contributed by atoms with Crippen molar-refractivity contribution in [1.82, 2.24) is 0 Å². The SMILES string of the molecule is CC1(C)OB(c2ccc(-c3ccc4c(c3)-c3cccc5cccc-4c35)c3ccccc23)OC1(C)C. The van der Waals surface area contributed by atoms with Gasteiger partial charge in [0.2, 0.25) is 0 Å². The summed E-state index contributed by atoms with van der Waals surface area (Å²) in [6.07, 6.45) is 0. The summed E-state index contributed by atoms with van der Waals surface area (Å²) in [6.45, 7) is 8.42. The minimum atomic E-state index is -0.383. The Bertz CT molecular complexity index is 1640. The summed E-state index contributed by atoms with van der Waals surface area (Å²) >= 11 is 0. The highest BCUT2D eigenvalue weighted by Crippen LogP contribution is 2.48. The molecule has 0 N–H and O–H groups in total. The van der Waals surface area contributed by atoms with Crippen molar-refractivity contribution in [3.05, 3.63) is 91.0 Å². The molecule has 0 aromatic heterocycles. The van der Waals surface area contributed by atoms with Gasteiger partial charge >= 0.3 is 7.12 Å². The molecule has 2 nitrogen and oxygen atoms in total. The third kappa shape index (κ3) is 2.92.